The van der Waals surface area contributed by atoms with Gasteiger partial charge in [-0.15, -0.1) is 5.10 Å². The predicted octanol–water partition coefficient (Wildman–Crippen LogP) is 0.196. The minimum Gasteiger partial charge on any atom is -0.384 e. The van der Waals surface area contributed by atoms with Gasteiger partial charge >= 0.3 is 0 Å². The largest absolute Gasteiger partial charge is 0.384 e. The molecule has 2 aliphatic rings. The summed E-state index contributed by atoms with van der Waals surface area (Å²) in [5.41, 5.74) is 1.05. The van der Waals surface area contributed by atoms with Crippen molar-refractivity contribution in [2.24, 2.45) is 0 Å². The first-order chi connectivity index (χ1) is 11.3. The highest BCUT2D eigenvalue weighted by molar-refractivity contribution is 5.01. The molecule has 0 aromatic carbocycles. The van der Waals surface area contributed by atoms with Gasteiger partial charge in [0.2, 0.25) is 5.89 Å². The molecule has 2 aromatic heterocycles. The van der Waals surface area contributed by atoms with Crippen molar-refractivity contribution in [1.29, 1.82) is 0 Å². The van der Waals surface area contributed by atoms with Gasteiger partial charge < -0.3 is 14.0 Å². The molecule has 0 aliphatic carbocycles. The predicted molar refractivity (Wildman–Crippen MR) is 77.4 cm³/mol. The van der Waals surface area contributed by atoms with Crippen LogP contribution >= 0.6 is 0 Å². The van der Waals surface area contributed by atoms with Crippen LogP contribution in [-0.4, -0.2) is 62.9 Å². The molecule has 0 radical (unpaired) electrons. The van der Waals surface area contributed by atoms with Gasteiger partial charge in [-0.25, -0.2) is 4.68 Å². The first-order valence-corrected chi connectivity index (χ1v) is 7.87. The van der Waals surface area contributed by atoms with E-state index in [2.05, 4.69) is 25.4 Å². The molecule has 2 atom stereocenters. The number of hydrogen-bond donors (Lipinski definition) is 0. The molecule has 4 rings (SSSR count). The summed E-state index contributed by atoms with van der Waals surface area (Å²) in [6.45, 7) is 3.60. The zero-order valence-corrected chi connectivity index (χ0v) is 13.1. The van der Waals surface area contributed by atoms with Gasteiger partial charge in [-0.1, -0.05) is 10.4 Å². The Morgan fingerprint density at radius 2 is 2.39 bits per heavy atom. The Balaban J connectivity index is 1.37. The van der Waals surface area contributed by atoms with Crippen LogP contribution in [0.1, 0.15) is 29.9 Å². The minimum absolute atomic E-state index is 0.133. The van der Waals surface area contributed by atoms with Gasteiger partial charge in [0, 0.05) is 26.6 Å². The lowest BCUT2D eigenvalue weighted by Gasteiger charge is -2.40. The second kappa shape index (κ2) is 6.34. The van der Waals surface area contributed by atoms with Crippen LogP contribution in [0.25, 0.3) is 0 Å². The molecule has 4 heterocycles. The molecule has 0 unspecified atom stereocenters. The van der Waals surface area contributed by atoms with E-state index in [1.165, 1.54) is 0 Å². The Hall–Kier alpha value is -1.84. The molecule has 23 heavy (non-hydrogen) atoms. The molecule has 9 heteroatoms. The molecule has 0 amide bonds. The molecular formula is C14H20N6O3. The van der Waals surface area contributed by atoms with E-state index in [-0.39, 0.29) is 12.1 Å². The number of aromatic nitrogens is 5. The molecule has 1 fully saturated rings. The second-order valence-electron chi connectivity index (χ2n) is 5.96. The highest BCUT2D eigenvalue weighted by Gasteiger charge is 2.36. The Morgan fingerprint density at radius 1 is 1.43 bits per heavy atom. The van der Waals surface area contributed by atoms with Gasteiger partial charge in [0.1, 0.15) is 0 Å². The summed E-state index contributed by atoms with van der Waals surface area (Å²) in [5, 5.41) is 12.2. The minimum atomic E-state index is 0.133. The molecule has 0 saturated carbocycles. The van der Waals surface area contributed by atoms with Gasteiger partial charge in [0.05, 0.1) is 43.8 Å². The Morgan fingerprint density at radius 3 is 3.30 bits per heavy atom. The SMILES string of the molecule is COCCc1noc(CN2CC[C@H]3[C@H](C2)OCc2cnnn23)n1. The fourth-order valence-electron chi connectivity index (χ4n) is 3.24. The Labute approximate surface area is 133 Å². The summed E-state index contributed by atoms with van der Waals surface area (Å²) in [6, 6.07) is 0.275. The average molecular weight is 320 g/mol. The van der Waals surface area contributed by atoms with Crippen molar-refractivity contribution in [2.45, 2.75) is 38.1 Å². The number of likely N-dealkylation sites (tertiary alicyclic amines) is 1. The number of hydrogen-bond acceptors (Lipinski definition) is 8. The lowest BCUT2D eigenvalue weighted by Crippen LogP contribution is -2.48. The van der Waals surface area contributed by atoms with Crippen molar-refractivity contribution in [2.75, 3.05) is 26.8 Å². The van der Waals surface area contributed by atoms with Crippen LogP contribution in [-0.2, 0) is 29.0 Å². The lowest BCUT2D eigenvalue weighted by atomic mass is 10.0. The fraction of sp³-hybridized carbons (Fsp3) is 0.714. The number of methoxy groups -OCH3 is 1. The first-order valence-electron chi connectivity index (χ1n) is 7.87. The Bertz CT molecular complexity index is 656. The fourth-order valence-corrected chi connectivity index (χ4v) is 3.24. The van der Waals surface area contributed by atoms with Crippen LogP contribution in [0.15, 0.2) is 10.7 Å². The van der Waals surface area contributed by atoms with Crippen LogP contribution in [0.4, 0.5) is 0 Å². The monoisotopic (exact) mass is 320 g/mol. The maximum absolute atomic E-state index is 5.97. The molecule has 2 aliphatic heterocycles. The number of ether oxygens (including phenoxy) is 2. The summed E-state index contributed by atoms with van der Waals surface area (Å²) in [6.07, 6.45) is 3.56. The van der Waals surface area contributed by atoms with Gasteiger partial charge in [-0.3, -0.25) is 4.90 Å². The lowest BCUT2D eigenvalue weighted by molar-refractivity contribution is -0.0717. The van der Waals surface area contributed by atoms with E-state index in [1.54, 1.807) is 13.3 Å². The van der Waals surface area contributed by atoms with Crippen molar-refractivity contribution in [3.63, 3.8) is 0 Å². The van der Waals surface area contributed by atoms with Crippen LogP contribution < -0.4 is 0 Å². The van der Waals surface area contributed by atoms with Gasteiger partial charge in [-0.2, -0.15) is 4.98 Å². The standard InChI is InChI=1S/C14H20N6O3/c1-21-5-3-13-16-14(23-17-13)8-19-4-2-11-12(7-19)22-9-10-6-15-18-20(10)11/h6,11-12H,2-5,7-9H2,1H3/t11-,12-/m0/s1. The van der Waals surface area contributed by atoms with Crippen LogP contribution in [0.2, 0.25) is 0 Å². The summed E-state index contributed by atoms with van der Waals surface area (Å²) in [7, 11) is 1.66. The second-order valence-corrected chi connectivity index (χ2v) is 5.96. The van der Waals surface area contributed by atoms with E-state index in [9.17, 15) is 0 Å². The molecule has 9 nitrogen and oxygen atoms in total. The van der Waals surface area contributed by atoms with Gasteiger partial charge in [0.15, 0.2) is 5.82 Å². The van der Waals surface area contributed by atoms with Crippen molar-refractivity contribution >= 4 is 0 Å². The van der Waals surface area contributed by atoms with E-state index >= 15 is 0 Å². The van der Waals surface area contributed by atoms with Crippen LogP contribution in [0.5, 0.6) is 0 Å². The number of rotatable bonds is 5. The van der Waals surface area contributed by atoms with E-state index in [4.69, 9.17) is 14.0 Å². The van der Waals surface area contributed by atoms with Gasteiger partial charge in [0.25, 0.3) is 0 Å². The third-order valence-corrected chi connectivity index (χ3v) is 4.42. The van der Waals surface area contributed by atoms with Crippen molar-refractivity contribution < 1.29 is 14.0 Å². The normalized spacial score (nSPS) is 24.4. The molecule has 0 bridgehead atoms. The highest BCUT2D eigenvalue weighted by atomic mass is 16.5. The van der Waals surface area contributed by atoms with Crippen molar-refractivity contribution in [3.8, 4) is 0 Å². The molecule has 1 saturated heterocycles. The molecular weight excluding hydrogens is 300 g/mol. The molecule has 2 aromatic rings. The number of fused-ring (bicyclic) bond motifs is 3. The maximum Gasteiger partial charge on any atom is 0.240 e. The van der Waals surface area contributed by atoms with E-state index in [0.717, 1.165) is 25.2 Å². The molecule has 0 N–H and O–H groups in total. The van der Waals surface area contributed by atoms with Crippen molar-refractivity contribution in [1.82, 2.24) is 30.0 Å². The summed E-state index contributed by atoms with van der Waals surface area (Å²) in [4.78, 5) is 6.69. The Kier molecular flexibility index (Phi) is 4.06. The van der Waals surface area contributed by atoms with Crippen molar-refractivity contribution in [3.05, 3.63) is 23.6 Å². The van der Waals surface area contributed by atoms with E-state index in [1.807, 2.05) is 4.68 Å². The molecule has 0 spiro atoms. The topological polar surface area (TPSA) is 91.3 Å². The third-order valence-electron chi connectivity index (χ3n) is 4.42. The zero-order valence-electron chi connectivity index (χ0n) is 13.1. The highest BCUT2D eigenvalue weighted by Crippen LogP contribution is 2.30. The van der Waals surface area contributed by atoms with E-state index < -0.39 is 0 Å². The van der Waals surface area contributed by atoms with Crippen LogP contribution in [0, 0.1) is 0 Å². The maximum atomic E-state index is 5.97. The summed E-state index contributed by atoms with van der Waals surface area (Å²) in [5.74, 6) is 1.34. The first kappa shape index (κ1) is 14.7. The summed E-state index contributed by atoms with van der Waals surface area (Å²) < 4.78 is 18.3. The zero-order chi connectivity index (χ0) is 15.6. The third kappa shape index (κ3) is 2.99. The smallest absolute Gasteiger partial charge is 0.240 e. The van der Waals surface area contributed by atoms with Gasteiger partial charge in [-0.05, 0) is 6.42 Å². The average Bonchev–Trinajstić information content (AvgIpc) is 3.21. The number of piperidine rings is 1. The van der Waals surface area contributed by atoms with Crippen LogP contribution in [0.3, 0.4) is 0 Å². The number of nitrogens with zero attached hydrogens (tertiary/aromatic N) is 6. The quantitative estimate of drug-likeness (QED) is 0.771. The summed E-state index contributed by atoms with van der Waals surface area (Å²) >= 11 is 0. The van der Waals surface area contributed by atoms with E-state index in [0.29, 0.717) is 37.9 Å². The molecule has 124 valence electrons.